The molecule has 0 saturated carbocycles. The first kappa shape index (κ1) is 31.6. The monoisotopic (exact) mass is 477 g/mol. The molecule has 1 aromatic carbocycles. The zero-order valence-corrected chi connectivity index (χ0v) is 21.6. The maximum atomic E-state index is 11.8. The molecule has 194 valence electrons. The molecule has 0 radical (unpaired) electrons. The molecule has 0 heterocycles. The number of hydrogen-bond donors (Lipinski definition) is 3. The summed E-state index contributed by atoms with van der Waals surface area (Å²) in [7, 11) is 0. The molecule has 1 aromatic rings. The Morgan fingerprint density at radius 1 is 0.735 bits per heavy atom. The van der Waals surface area contributed by atoms with Crippen LogP contribution in [-0.4, -0.2) is 28.1 Å². The topological polar surface area (TPSA) is 104 Å². The third-order valence-electron chi connectivity index (χ3n) is 6.06. The van der Waals surface area contributed by atoms with E-state index in [0.29, 0.717) is 12.8 Å². The van der Waals surface area contributed by atoms with Crippen molar-refractivity contribution in [3.63, 3.8) is 0 Å². The molecule has 0 bridgehead atoms. The van der Waals surface area contributed by atoms with Gasteiger partial charge >= 0.3 is 11.9 Å². The maximum Gasteiger partial charge on any atom is 0.310 e. The van der Waals surface area contributed by atoms with Crippen LogP contribution in [0.2, 0.25) is 0 Å². The van der Waals surface area contributed by atoms with Crippen molar-refractivity contribution in [3.8, 4) is 0 Å². The van der Waals surface area contributed by atoms with Gasteiger partial charge in [0.15, 0.2) is 0 Å². The van der Waals surface area contributed by atoms with Crippen molar-refractivity contribution in [2.24, 2.45) is 5.41 Å². The molecule has 0 aliphatic heterocycles. The van der Waals surface area contributed by atoms with Gasteiger partial charge < -0.3 is 15.5 Å². The number of rotatable bonds is 18. The number of carboxylic acid groups (broad SMARTS) is 2. The summed E-state index contributed by atoms with van der Waals surface area (Å²) < 4.78 is 0. The fraction of sp³-hybridized carbons (Fsp3) is 0.679. The van der Waals surface area contributed by atoms with Gasteiger partial charge in [0.1, 0.15) is 0 Å². The van der Waals surface area contributed by atoms with E-state index in [1.165, 1.54) is 45.4 Å². The number of para-hydroxylation sites is 1. The van der Waals surface area contributed by atoms with Crippen LogP contribution in [0.5, 0.6) is 0 Å². The number of benzene rings is 1. The number of amides is 1. The predicted octanol–water partition coefficient (Wildman–Crippen LogP) is 7.68. The van der Waals surface area contributed by atoms with E-state index in [1.807, 2.05) is 30.3 Å². The van der Waals surface area contributed by atoms with Gasteiger partial charge in [-0.1, -0.05) is 109 Å². The highest BCUT2D eigenvalue weighted by molar-refractivity contribution is 5.88. The largest absolute Gasteiger partial charge is 0.481 e. The van der Waals surface area contributed by atoms with Gasteiger partial charge in [-0.25, -0.2) is 0 Å². The summed E-state index contributed by atoms with van der Waals surface area (Å²) in [5.41, 5.74) is -0.226. The Morgan fingerprint density at radius 2 is 1.18 bits per heavy atom. The second-order valence-electron chi connectivity index (χ2n) is 9.24. The van der Waals surface area contributed by atoms with Crippen molar-refractivity contribution in [1.82, 2.24) is 0 Å². The highest BCUT2D eigenvalue weighted by Crippen LogP contribution is 2.36. The number of carbonyl (C=O) groups is 3. The van der Waals surface area contributed by atoms with Gasteiger partial charge in [-0.3, -0.25) is 14.4 Å². The summed E-state index contributed by atoms with van der Waals surface area (Å²) in [4.78, 5) is 33.5. The molecule has 1 amide bonds. The van der Waals surface area contributed by atoms with Crippen LogP contribution in [-0.2, 0) is 14.4 Å². The fourth-order valence-corrected chi connectivity index (χ4v) is 4.09. The highest BCUT2D eigenvalue weighted by atomic mass is 16.4. The molecule has 0 aliphatic carbocycles. The average Bonchev–Trinajstić information content (AvgIpc) is 2.78. The van der Waals surface area contributed by atoms with E-state index >= 15 is 0 Å². The molecule has 0 aliphatic rings. The van der Waals surface area contributed by atoms with E-state index in [2.05, 4.69) is 19.2 Å². The van der Waals surface area contributed by atoms with Crippen molar-refractivity contribution in [1.29, 1.82) is 0 Å². The zero-order valence-electron chi connectivity index (χ0n) is 21.6. The van der Waals surface area contributed by atoms with Crippen molar-refractivity contribution in [3.05, 3.63) is 30.3 Å². The van der Waals surface area contributed by atoms with Crippen molar-refractivity contribution in [2.45, 2.75) is 117 Å². The summed E-state index contributed by atoms with van der Waals surface area (Å²) in [6.45, 7) is 5.83. The Morgan fingerprint density at radius 3 is 1.56 bits per heavy atom. The van der Waals surface area contributed by atoms with Gasteiger partial charge in [-0.05, 0) is 25.0 Å². The van der Waals surface area contributed by atoms with Crippen LogP contribution in [0.1, 0.15) is 117 Å². The van der Waals surface area contributed by atoms with Crippen molar-refractivity contribution >= 4 is 23.5 Å². The van der Waals surface area contributed by atoms with Crippen LogP contribution < -0.4 is 5.32 Å². The van der Waals surface area contributed by atoms with Crippen LogP contribution in [0, 0.1) is 5.41 Å². The summed E-state index contributed by atoms with van der Waals surface area (Å²) in [6, 6.07) is 9.37. The zero-order chi connectivity index (χ0) is 25.7. The van der Waals surface area contributed by atoms with E-state index in [9.17, 15) is 24.6 Å². The summed E-state index contributed by atoms with van der Waals surface area (Å²) >= 11 is 0. The highest BCUT2D eigenvalue weighted by Gasteiger charge is 2.39. The molecule has 0 fully saturated rings. The summed E-state index contributed by atoms with van der Waals surface area (Å²) in [6.07, 6.45) is 13.8. The third kappa shape index (κ3) is 16.3. The van der Waals surface area contributed by atoms with Crippen LogP contribution in [0.15, 0.2) is 30.3 Å². The molecular formula is C28H47NO5. The molecule has 0 unspecified atom stereocenters. The fourth-order valence-electron chi connectivity index (χ4n) is 4.09. The molecule has 6 nitrogen and oxygen atoms in total. The van der Waals surface area contributed by atoms with Crippen molar-refractivity contribution in [2.75, 3.05) is 5.32 Å². The number of anilines is 1. The minimum Gasteiger partial charge on any atom is -0.481 e. The molecule has 0 saturated heterocycles. The smallest absolute Gasteiger partial charge is 0.310 e. The Balaban J connectivity index is 0.000000896. The third-order valence-corrected chi connectivity index (χ3v) is 6.06. The van der Waals surface area contributed by atoms with Gasteiger partial charge in [-0.15, -0.1) is 0 Å². The lowest BCUT2D eigenvalue weighted by Crippen LogP contribution is -2.33. The number of carbonyl (C=O) groups excluding carboxylic acids is 1. The number of aliphatic carboxylic acids is 2. The second-order valence-corrected chi connectivity index (χ2v) is 9.24. The minimum atomic E-state index is -1.07. The number of carboxylic acids is 2. The van der Waals surface area contributed by atoms with Crippen LogP contribution >= 0.6 is 0 Å². The molecule has 1 rings (SSSR count). The van der Waals surface area contributed by atoms with E-state index < -0.39 is 17.4 Å². The SMILES string of the molecule is CC(=O)Nc1ccccc1.CCCCCCCCC(CCCCCCCC)(CC(=O)O)C(=O)O. The number of hydrogen-bond acceptors (Lipinski definition) is 3. The molecule has 3 N–H and O–H groups in total. The Bertz CT molecular complexity index is 659. The summed E-state index contributed by atoms with van der Waals surface area (Å²) in [5, 5.41) is 21.5. The van der Waals surface area contributed by atoms with Crippen LogP contribution in [0.4, 0.5) is 5.69 Å². The van der Waals surface area contributed by atoms with E-state index in [1.54, 1.807) is 0 Å². The van der Waals surface area contributed by atoms with Gasteiger partial charge in [0.25, 0.3) is 0 Å². The number of unbranched alkanes of at least 4 members (excludes halogenated alkanes) is 10. The quantitative estimate of drug-likeness (QED) is 0.188. The maximum absolute atomic E-state index is 11.8. The molecule has 6 heteroatoms. The lowest BCUT2D eigenvalue weighted by atomic mass is 9.75. The van der Waals surface area contributed by atoms with Gasteiger partial charge in [0.05, 0.1) is 11.8 Å². The summed E-state index contributed by atoms with van der Waals surface area (Å²) in [5.74, 6) is -1.95. The van der Waals surface area contributed by atoms with Gasteiger partial charge in [-0.2, -0.15) is 0 Å². The molecule has 0 atom stereocenters. The first-order chi connectivity index (χ1) is 16.3. The average molecular weight is 478 g/mol. The van der Waals surface area contributed by atoms with E-state index in [0.717, 1.165) is 44.2 Å². The Kier molecular flexibility index (Phi) is 18.6. The Hall–Kier alpha value is -2.37. The molecule has 0 spiro atoms. The first-order valence-electron chi connectivity index (χ1n) is 13.0. The van der Waals surface area contributed by atoms with Crippen LogP contribution in [0.25, 0.3) is 0 Å². The normalized spacial score (nSPS) is 10.8. The lowest BCUT2D eigenvalue weighted by Gasteiger charge is -2.28. The molecular weight excluding hydrogens is 430 g/mol. The number of nitrogens with one attached hydrogen (secondary N) is 1. The van der Waals surface area contributed by atoms with Crippen molar-refractivity contribution < 1.29 is 24.6 Å². The first-order valence-corrected chi connectivity index (χ1v) is 13.0. The minimum absolute atomic E-state index is 0.0359. The lowest BCUT2D eigenvalue weighted by molar-refractivity contribution is -0.157. The standard InChI is InChI=1S/C20H38O4.C8H9NO/c1-3-5-7-9-11-13-15-20(19(23)24,17-18(21)22)16-14-12-10-8-6-4-2;1-7(10)9-8-5-3-2-4-6-8/h3-17H2,1-2H3,(H,21,22)(H,23,24);2-6H,1H3,(H,9,10). The molecule has 0 aromatic heterocycles. The van der Waals surface area contributed by atoms with E-state index in [-0.39, 0.29) is 12.3 Å². The molecule has 34 heavy (non-hydrogen) atoms. The predicted molar refractivity (Wildman–Crippen MR) is 139 cm³/mol. The van der Waals surface area contributed by atoms with E-state index in [4.69, 9.17) is 0 Å². The Labute approximate surface area is 206 Å². The van der Waals surface area contributed by atoms with Gasteiger partial charge in [0, 0.05) is 12.6 Å². The van der Waals surface area contributed by atoms with Crippen LogP contribution in [0.3, 0.4) is 0 Å². The second kappa shape index (κ2) is 20.0. The van der Waals surface area contributed by atoms with Gasteiger partial charge in [0.2, 0.25) is 5.91 Å².